The number of anilines is 2. The molecule has 0 saturated carbocycles. The van der Waals surface area contributed by atoms with Crippen LogP contribution >= 0.6 is 0 Å². The third kappa shape index (κ3) is 3.02. The summed E-state index contributed by atoms with van der Waals surface area (Å²) < 4.78 is 4.73. The normalized spacial score (nSPS) is 9.16. The summed E-state index contributed by atoms with van der Waals surface area (Å²) >= 11 is 0. The minimum Gasteiger partial charge on any atom is -0.388 e. The quantitative estimate of drug-likeness (QED) is 0.616. The minimum absolute atomic E-state index is 0.252. The SMILES string of the molecule is N#CCN(c1ccccc1)c1ccc(OC#N)cc1. The van der Waals surface area contributed by atoms with Gasteiger partial charge in [-0.1, -0.05) is 18.2 Å². The van der Waals surface area contributed by atoms with Crippen molar-refractivity contribution in [3.05, 3.63) is 54.6 Å². The molecule has 0 radical (unpaired) electrons. The van der Waals surface area contributed by atoms with E-state index in [-0.39, 0.29) is 6.54 Å². The van der Waals surface area contributed by atoms with Crippen molar-refractivity contribution in [2.45, 2.75) is 0 Å². The van der Waals surface area contributed by atoms with Crippen LogP contribution in [0.15, 0.2) is 54.6 Å². The maximum absolute atomic E-state index is 8.94. The van der Waals surface area contributed by atoms with Gasteiger partial charge in [-0.15, -0.1) is 5.26 Å². The third-order valence-electron chi connectivity index (χ3n) is 2.61. The largest absolute Gasteiger partial charge is 0.388 e. The van der Waals surface area contributed by atoms with E-state index >= 15 is 0 Å². The predicted octanol–water partition coefficient (Wildman–Crippen LogP) is 3.21. The second kappa shape index (κ2) is 6.09. The van der Waals surface area contributed by atoms with Crippen LogP contribution < -0.4 is 9.64 Å². The first-order valence-electron chi connectivity index (χ1n) is 5.70. The highest BCUT2D eigenvalue weighted by Gasteiger charge is 2.08. The topological polar surface area (TPSA) is 60.1 Å². The van der Waals surface area contributed by atoms with Gasteiger partial charge in [0.15, 0.2) is 0 Å². The molecule has 0 aliphatic rings. The lowest BCUT2D eigenvalue weighted by Crippen LogP contribution is -2.16. The van der Waals surface area contributed by atoms with Crippen LogP contribution in [0.3, 0.4) is 0 Å². The molecule has 2 aromatic carbocycles. The first-order chi connectivity index (χ1) is 9.35. The number of hydrogen-bond acceptors (Lipinski definition) is 4. The monoisotopic (exact) mass is 249 g/mol. The first-order valence-corrected chi connectivity index (χ1v) is 5.70. The molecule has 0 aliphatic heterocycles. The molecule has 0 spiro atoms. The summed E-state index contributed by atoms with van der Waals surface area (Å²) in [5, 5.41) is 17.4. The van der Waals surface area contributed by atoms with E-state index in [2.05, 4.69) is 6.07 Å². The van der Waals surface area contributed by atoms with Crippen molar-refractivity contribution in [3.63, 3.8) is 0 Å². The van der Waals surface area contributed by atoms with Gasteiger partial charge in [-0.05, 0) is 36.4 Å². The summed E-state index contributed by atoms with van der Waals surface area (Å²) in [5.41, 5.74) is 1.82. The molecule has 4 nitrogen and oxygen atoms in total. The van der Waals surface area contributed by atoms with Crippen molar-refractivity contribution in [3.8, 4) is 18.1 Å². The Bertz CT molecular complexity index is 609. The van der Waals surface area contributed by atoms with Gasteiger partial charge in [0, 0.05) is 11.4 Å². The molecule has 0 saturated heterocycles. The van der Waals surface area contributed by atoms with Gasteiger partial charge >= 0.3 is 0 Å². The summed E-state index contributed by atoms with van der Waals surface area (Å²) in [6.07, 6.45) is 1.62. The van der Waals surface area contributed by atoms with Crippen LogP contribution in [0, 0.1) is 22.8 Å². The van der Waals surface area contributed by atoms with E-state index in [0.29, 0.717) is 5.75 Å². The molecule has 2 rings (SSSR count). The van der Waals surface area contributed by atoms with Gasteiger partial charge in [0.05, 0.1) is 6.07 Å². The molecule has 2 aromatic rings. The average molecular weight is 249 g/mol. The van der Waals surface area contributed by atoms with E-state index in [4.69, 9.17) is 15.3 Å². The maximum Gasteiger partial charge on any atom is 0.292 e. The Morgan fingerprint density at radius 2 is 1.53 bits per heavy atom. The van der Waals surface area contributed by atoms with E-state index in [0.717, 1.165) is 11.4 Å². The third-order valence-corrected chi connectivity index (χ3v) is 2.61. The highest BCUT2D eigenvalue weighted by Crippen LogP contribution is 2.26. The van der Waals surface area contributed by atoms with E-state index in [1.165, 1.54) is 0 Å². The van der Waals surface area contributed by atoms with Crippen LogP contribution in [0.1, 0.15) is 0 Å². The van der Waals surface area contributed by atoms with Crippen molar-refractivity contribution in [2.75, 3.05) is 11.4 Å². The maximum atomic E-state index is 8.94. The summed E-state index contributed by atoms with van der Waals surface area (Å²) in [6, 6.07) is 18.8. The fraction of sp³-hybridized carbons (Fsp3) is 0.0667. The Morgan fingerprint density at radius 3 is 2.11 bits per heavy atom. The predicted molar refractivity (Wildman–Crippen MR) is 71.7 cm³/mol. The van der Waals surface area contributed by atoms with Crippen LogP contribution in [0.4, 0.5) is 11.4 Å². The minimum atomic E-state index is 0.252. The fourth-order valence-electron chi connectivity index (χ4n) is 1.76. The standard InChI is InChI=1S/C15H11N3O/c16-10-11-18(13-4-2-1-3-5-13)14-6-8-15(9-7-14)19-12-17/h1-9H,11H2. The smallest absolute Gasteiger partial charge is 0.292 e. The number of rotatable bonds is 4. The number of ether oxygens (including phenoxy) is 1. The zero-order chi connectivity index (χ0) is 13.5. The Morgan fingerprint density at radius 1 is 0.895 bits per heavy atom. The van der Waals surface area contributed by atoms with Crippen molar-refractivity contribution >= 4 is 11.4 Å². The average Bonchev–Trinajstić information content (AvgIpc) is 2.47. The van der Waals surface area contributed by atoms with Crippen LogP contribution in [0.2, 0.25) is 0 Å². The molecular formula is C15H11N3O. The molecule has 0 aromatic heterocycles. The van der Waals surface area contributed by atoms with Gasteiger partial charge in [-0.3, -0.25) is 0 Å². The van der Waals surface area contributed by atoms with E-state index in [1.807, 2.05) is 47.4 Å². The molecule has 0 amide bonds. The molecule has 19 heavy (non-hydrogen) atoms. The summed E-state index contributed by atoms with van der Waals surface area (Å²) in [5.74, 6) is 0.483. The Labute approximate surface area is 111 Å². The molecule has 0 unspecified atom stereocenters. The van der Waals surface area contributed by atoms with Gasteiger partial charge < -0.3 is 9.64 Å². The molecule has 0 aliphatic carbocycles. The molecule has 92 valence electrons. The highest BCUT2D eigenvalue weighted by atomic mass is 16.5. The van der Waals surface area contributed by atoms with Gasteiger partial charge in [-0.2, -0.15) is 5.26 Å². The molecular weight excluding hydrogens is 238 g/mol. The lowest BCUT2D eigenvalue weighted by Gasteiger charge is -2.21. The molecule has 0 fully saturated rings. The number of nitrogens with zero attached hydrogens (tertiary/aromatic N) is 3. The summed E-state index contributed by atoms with van der Waals surface area (Å²) in [7, 11) is 0. The number of hydrogen-bond donors (Lipinski definition) is 0. The Balaban J connectivity index is 2.30. The molecule has 0 N–H and O–H groups in total. The van der Waals surface area contributed by atoms with Crippen LogP contribution in [-0.4, -0.2) is 6.54 Å². The summed E-state index contributed by atoms with van der Waals surface area (Å²) in [6.45, 7) is 0.252. The van der Waals surface area contributed by atoms with Crippen molar-refractivity contribution in [1.82, 2.24) is 0 Å². The lowest BCUT2D eigenvalue weighted by atomic mass is 10.2. The van der Waals surface area contributed by atoms with Crippen LogP contribution in [0.5, 0.6) is 5.75 Å². The zero-order valence-corrected chi connectivity index (χ0v) is 10.2. The van der Waals surface area contributed by atoms with Crippen molar-refractivity contribution in [1.29, 1.82) is 10.5 Å². The number of benzene rings is 2. The zero-order valence-electron chi connectivity index (χ0n) is 10.2. The van der Waals surface area contributed by atoms with E-state index in [9.17, 15) is 0 Å². The Hall–Kier alpha value is -2.98. The van der Waals surface area contributed by atoms with E-state index in [1.54, 1.807) is 18.4 Å². The van der Waals surface area contributed by atoms with Gasteiger partial charge in [-0.25, -0.2) is 0 Å². The molecule has 0 heterocycles. The second-order valence-corrected chi connectivity index (χ2v) is 3.77. The van der Waals surface area contributed by atoms with Crippen molar-refractivity contribution in [2.24, 2.45) is 0 Å². The van der Waals surface area contributed by atoms with Gasteiger partial charge in [0.25, 0.3) is 6.26 Å². The molecule has 0 atom stereocenters. The highest BCUT2D eigenvalue weighted by molar-refractivity contribution is 5.64. The lowest BCUT2D eigenvalue weighted by molar-refractivity contribution is 0.507. The fourth-order valence-corrected chi connectivity index (χ4v) is 1.76. The second-order valence-electron chi connectivity index (χ2n) is 3.77. The number of nitriles is 2. The van der Waals surface area contributed by atoms with Crippen LogP contribution in [0.25, 0.3) is 0 Å². The van der Waals surface area contributed by atoms with Crippen LogP contribution in [-0.2, 0) is 0 Å². The first kappa shape index (κ1) is 12.5. The molecule has 0 bridgehead atoms. The van der Waals surface area contributed by atoms with Crippen molar-refractivity contribution < 1.29 is 4.74 Å². The van der Waals surface area contributed by atoms with E-state index < -0.39 is 0 Å². The number of para-hydroxylation sites is 1. The Kier molecular flexibility index (Phi) is 4.00. The van der Waals surface area contributed by atoms with Gasteiger partial charge in [0.1, 0.15) is 12.3 Å². The summed E-state index contributed by atoms with van der Waals surface area (Å²) in [4.78, 5) is 1.89. The molecule has 4 heteroatoms. The van der Waals surface area contributed by atoms with Gasteiger partial charge in [0.2, 0.25) is 0 Å².